The molecule has 33 heavy (non-hydrogen) atoms. The summed E-state index contributed by atoms with van der Waals surface area (Å²) in [5.41, 5.74) is 0. The third-order valence-corrected chi connectivity index (χ3v) is 6.64. The Morgan fingerprint density at radius 2 is 1.79 bits per heavy atom. The number of hydrogen-bond acceptors (Lipinski definition) is 5. The van der Waals surface area contributed by atoms with Gasteiger partial charge in [-0.2, -0.15) is 0 Å². The third kappa shape index (κ3) is 5.90. The Kier molecular flexibility index (Phi) is 7.27. The van der Waals surface area contributed by atoms with Crippen molar-refractivity contribution in [3.8, 4) is 5.75 Å². The van der Waals surface area contributed by atoms with Crippen molar-refractivity contribution in [2.24, 2.45) is 5.92 Å². The largest absolute Gasteiger partial charge is 0.490 e. The first-order valence-electron chi connectivity index (χ1n) is 11.5. The second-order valence-corrected chi connectivity index (χ2v) is 8.99. The Bertz CT molecular complexity index is 955. The van der Waals surface area contributed by atoms with E-state index in [4.69, 9.17) is 4.74 Å². The zero-order chi connectivity index (χ0) is 23.4. The summed E-state index contributed by atoms with van der Waals surface area (Å²) in [6.45, 7) is 6.27. The van der Waals surface area contributed by atoms with Gasteiger partial charge >= 0.3 is 0 Å². The van der Waals surface area contributed by atoms with Crippen LogP contribution in [0.15, 0.2) is 36.7 Å². The summed E-state index contributed by atoms with van der Waals surface area (Å²) < 4.78 is 21.3. The first-order chi connectivity index (χ1) is 15.9. The van der Waals surface area contributed by atoms with Crippen LogP contribution in [0.3, 0.4) is 0 Å². The Balaban J connectivity index is 1.44. The molecule has 0 aliphatic carbocycles. The predicted octanol–water partition coefficient (Wildman–Crippen LogP) is 1.79. The fourth-order valence-electron chi connectivity index (χ4n) is 4.50. The van der Waals surface area contributed by atoms with Crippen molar-refractivity contribution in [2.45, 2.75) is 32.4 Å². The summed E-state index contributed by atoms with van der Waals surface area (Å²) in [6, 6.07) is 5.94. The van der Waals surface area contributed by atoms with Gasteiger partial charge < -0.3 is 24.0 Å². The molecule has 0 unspecified atom stereocenters. The molecule has 1 aromatic carbocycles. The Morgan fingerprint density at radius 3 is 2.45 bits per heavy atom. The number of piperidine rings is 1. The Labute approximate surface area is 193 Å². The molecule has 2 aliphatic heterocycles. The molecule has 1 aromatic heterocycles. The van der Waals surface area contributed by atoms with E-state index < -0.39 is 0 Å². The van der Waals surface area contributed by atoms with Gasteiger partial charge in [0.25, 0.3) is 0 Å². The Hall–Kier alpha value is -2.94. The van der Waals surface area contributed by atoms with E-state index in [2.05, 4.69) is 16.9 Å². The third-order valence-electron chi connectivity index (χ3n) is 6.64. The molecule has 3 heterocycles. The van der Waals surface area contributed by atoms with Gasteiger partial charge in [0, 0.05) is 70.4 Å². The number of carbonyl (C=O) groups is 2. The van der Waals surface area contributed by atoms with Gasteiger partial charge in [-0.15, -0.1) is 0 Å². The molecular formula is C24H32FN5O3. The summed E-state index contributed by atoms with van der Waals surface area (Å²) >= 11 is 0. The van der Waals surface area contributed by atoms with Crippen LogP contribution in [-0.2, 0) is 16.1 Å². The molecule has 2 saturated heterocycles. The number of aryl methyl sites for hydroxylation is 1. The van der Waals surface area contributed by atoms with Gasteiger partial charge in [0.05, 0.1) is 0 Å². The van der Waals surface area contributed by atoms with Gasteiger partial charge in [-0.05, 0) is 38.2 Å². The van der Waals surface area contributed by atoms with Crippen molar-refractivity contribution in [2.75, 3.05) is 46.3 Å². The maximum absolute atomic E-state index is 13.3. The van der Waals surface area contributed by atoms with Crippen LogP contribution < -0.4 is 4.74 Å². The number of benzene rings is 1. The predicted molar refractivity (Wildman–Crippen MR) is 121 cm³/mol. The fraction of sp³-hybridized carbons (Fsp3) is 0.542. The lowest BCUT2D eigenvalue weighted by molar-refractivity contribution is -0.140. The van der Waals surface area contributed by atoms with Crippen molar-refractivity contribution in [3.05, 3.63) is 48.3 Å². The molecule has 0 saturated carbocycles. The zero-order valence-corrected chi connectivity index (χ0v) is 19.3. The summed E-state index contributed by atoms with van der Waals surface area (Å²) in [5, 5.41) is 0. The van der Waals surface area contributed by atoms with Crippen molar-refractivity contribution in [3.63, 3.8) is 0 Å². The Morgan fingerprint density at radius 1 is 1.06 bits per heavy atom. The summed E-state index contributed by atoms with van der Waals surface area (Å²) in [7, 11) is 2.06. The molecule has 178 valence electrons. The fourth-order valence-corrected chi connectivity index (χ4v) is 4.50. The van der Waals surface area contributed by atoms with Gasteiger partial charge in [0.2, 0.25) is 11.8 Å². The average Bonchev–Trinajstić information content (AvgIpc) is 3.21. The maximum atomic E-state index is 13.3. The van der Waals surface area contributed by atoms with Gasteiger partial charge in [-0.1, -0.05) is 0 Å². The van der Waals surface area contributed by atoms with Crippen LogP contribution in [0.4, 0.5) is 4.39 Å². The molecule has 2 amide bonds. The SMILES string of the molecule is Cc1nccn1CC(=O)N1CC[C@H](Oc2ccc(F)cc2)[C@@H](CC(=O)N2CCN(C)CC2)C1. The highest BCUT2D eigenvalue weighted by atomic mass is 19.1. The summed E-state index contributed by atoms with van der Waals surface area (Å²) in [5.74, 6) is 1.02. The van der Waals surface area contributed by atoms with Gasteiger partial charge in [-0.3, -0.25) is 9.59 Å². The first kappa shape index (κ1) is 23.2. The number of imidazole rings is 1. The molecule has 0 radical (unpaired) electrons. The molecular weight excluding hydrogens is 425 g/mol. The van der Waals surface area contributed by atoms with Crippen molar-refractivity contribution in [1.29, 1.82) is 0 Å². The van der Waals surface area contributed by atoms with Crippen molar-refractivity contribution < 1.29 is 18.7 Å². The quantitative estimate of drug-likeness (QED) is 0.662. The lowest BCUT2D eigenvalue weighted by atomic mass is 9.90. The van der Waals surface area contributed by atoms with Crippen LogP contribution >= 0.6 is 0 Å². The normalized spacial score (nSPS) is 21.8. The van der Waals surface area contributed by atoms with E-state index in [1.54, 1.807) is 24.5 Å². The molecule has 4 rings (SSSR count). The van der Waals surface area contributed by atoms with Crippen LogP contribution in [0, 0.1) is 18.7 Å². The molecule has 2 fully saturated rings. The number of nitrogens with zero attached hydrogens (tertiary/aromatic N) is 5. The minimum Gasteiger partial charge on any atom is -0.490 e. The van der Waals surface area contributed by atoms with E-state index in [0.29, 0.717) is 44.8 Å². The second kappa shape index (κ2) is 10.3. The van der Waals surface area contributed by atoms with Crippen molar-refractivity contribution >= 4 is 11.8 Å². The molecule has 0 N–H and O–H groups in total. The molecule has 9 heteroatoms. The standard InChI is InChI=1S/C24H32FN5O3/c1-18-26-8-10-29(18)17-24(32)30-9-7-22(33-21-5-3-20(25)4-6-21)19(16-30)15-23(31)28-13-11-27(2)12-14-28/h3-6,8,10,19,22H,7,9,11-17H2,1-2H3/t19-,22-/m0/s1. The average molecular weight is 458 g/mol. The van der Waals surface area contributed by atoms with E-state index in [1.807, 2.05) is 21.3 Å². The highest BCUT2D eigenvalue weighted by Crippen LogP contribution is 2.27. The lowest BCUT2D eigenvalue weighted by Gasteiger charge is -2.40. The van der Waals surface area contributed by atoms with E-state index in [-0.39, 0.29) is 36.2 Å². The number of rotatable bonds is 6. The lowest BCUT2D eigenvalue weighted by Crippen LogP contribution is -2.52. The highest BCUT2D eigenvalue weighted by molar-refractivity contribution is 5.78. The number of likely N-dealkylation sites (tertiary alicyclic amines) is 1. The smallest absolute Gasteiger partial charge is 0.242 e. The topological polar surface area (TPSA) is 70.9 Å². The minimum absolute atomic E-state index is 0.00776. The molecule has 0 spiro atoms. The van der Waals surface area contributed by atoms with Gasteiger partial charge in [0.15, 0.2) is 0 Å². The van der Waals surface area contributed by atoms with E-state index in [1.165, 1.54) is 12.1 Å². The van der Waals surface area contributed by atoms with E-state index >= 15 is 0 Å². The van der Waals surface area contributed by atoms with Crippen LogP contribution in [0.25, 0.3) is 0 Å². The highest BCUT2D eigenvalue weighted by Gasteiger charge is 2.35. The molecule has 2 atom stereocenters. The second-order valence-electron chi connectivity index (χ2n) is 8.99. The van der Waals surface area contributed by atoms with Crippen molar-refractivity contribution in [1.82, 2.24) is 24.3 Å². The maximum Gasteiger partial charge on any atom is 0.242 e. The van der Waals surface area contributed by atoms with Crippen LogP contribution in [0.2, 0.25) is 0 Å². The number of ether oxygens (including phenoxy) is 1. The van der Waals surface area contributed by atoms with Crippen LogP contribution in [0.1, 0.15) is 18.7 Å². The van der Waals surface area contributed by atoms with Crippen LogP contribution in [-0.4, -0.2) is 88.5 Å². The number of likely N-dealkylation sites (N-methyl/N-ethyl adjacent to an activating group) is 1. The zero-order valence-electron chi connectivity index (χ0n) is 19.3. The molecule has 2 aliphatic rings. The number of hydrogen-bond donors (Lipinski definition) is 0. The molecule has 8 nitrogen and oxygen atoms in total. The molecule has 2 aromatic rings. The van der Waals surface area contributed by atoms with Gasteiger partial charge in [0.1, 0.15) is 30.0 Å². The number of halogens is 1. The number of carbonyl (C=O) groups excluding carboxylic acids is 2. The monoisotopic (exact) mass is 457 g/mol. The summed E-state index contributed by atoms with van der Waals surface area (Å²) in [4.78, 5) is 36.2. The number of amides is 2. The first-order valence-corrected chi connectivity index (χ1v) is 11.5. The van der Waals surface area contributed by atoms with Gasteiger partial charge in [-0.25, -0.2) is 9.37 Å². The van der Waals surface area contributed by atoms with E-state index in [0.717, 1.165) is 18.9 Å². The van der Waals surface area contributed by atoms with E-state index in [9.17, 15) is 14.0 Å². The molecule has 0 bridgehead atoms. The summed E-state index contributed by atoms with van der Waals surface area (Å²) in [6.07, 6.45) is 4.20. The minimum atomic E-state index is -0.320. The number of piperazine rings is 1. The number of aromatic nitrogens is 2. The van der Waals surface area contributed by atoms with Crippen LogP contribution in [0.5, 0.6) is 5.75 Å².